The molecular formula is C13H26ClN3O3. The van der Waals surface area contributed by atoms with Crippen LogP contribution < -0.4 is 11.1 Å². The lowest BCUT2D eigenvalue weighted by Gasteiger charge is -2.35. The topological polar surface area (TPSA) is 84.7 Å². The van der Waals surface area contributed by atoms with Crippen LogP contribution in [0.5, 0.6) is 0 Å². The minimum atomic E-state index is -0.0507. The third-order valence-corrected chi connectivity index (χ3v) is 3.28. The van der Waals surface area contributed by atoms with Gasteiger partial charge in [-0.25, -0.2) is 0 Å². The molecule has 1 heterocycles. The molecule has 1 unspecified atom stereocenters. The predicted octanol–water partition coefficient (Wildman–Crippen LogP) is 0.291. The molecule has 0 aliphatic carbocycles. The quantitative estimate of drug-likeness (QED) is 0.708. The first kappa shape index (κ1) is 19.1. The normalized spacial score (nSPS) is 18.3. The zero-order valence-electron chi connectivity index (χ0n) is 12.1. The van der Waals surface area contributed by atoms with Crippen LogP contribution in [0.25, 0.3) is 0 Å². The van der Waals surface area contributed by atoms with E-state index in [4.69, 9.17) is 10.5 Å². The second-order valence-electron chi connectivity index (χ2n) is 4.72. The summed E-state index contributed by atoms with van der Waals surface area (Å²) in [5.41, 5.74) is 5.33. The summed E-state index contributed by atoms with van der Waals surface area (Å²) in [6.07, 6.45) is 3.38. The number of hydrogen-bond acceptors (Lipinski definition) is 4. The third-order valence-electron chi connectivity index (χ3n) is 3.28. The van der Waals surface area contributed by atoms with Crippen molar-refractivity contribution in [3.8, 4) is 0 Å². The molecule has 1 aliphatic heterocycles. The van der Waals surface area contributed by atoms with Crippen molar-refractivity contribution >= 4 is 24.2 Å². The Balaban J connectivity index is 0.00000361. The first-order valence-electron chi connectivity index (χ1n) is 7.03. The number of carbonyl (C=O) groups excluding carboxylic acids is 2. The number of ether oxygens (including phenoxy) is 1. The number of likely N-dealkylation sites (tertiary alicyclic amines) is 1. The van der Waals surface area contributed by atoms with Gasteiger partial charge < -0.3 is 20.7 Å². The summed E-state index contributed by atoms with van der Waals surface area (Å²) in [5.74, 6) is -0.0371. The van der Waals surface area contributed by atoms with E-state index in [1.807, 2.05) is 11.8 Å². The van der Waals surface area contributed by atoms with Crippen LogP contribution in [0, 0.1) is 0 Å². The standard InChI is InChI=1S/C13H25N3O3.ClH/c1-2-19-10-13(18)16-8-4-3-5-11(16)9-15-12(17)6-7-14;/h11H,2-10,14H2,1H3,(H,15,17);1H. The van der Waals surface area contributed by atoms with Gasteiger partial charge in [0.1, 0.15) is 6.61 Å². The molecule has 0 bridgehead atoms. The summed E-state index contributed by atoms with van der Waals surface area (Å²) < 4.78 is 5.17. The van der Waals surface area contributed by atoms with E-state index in [1.165, 1.54) is 0 Å². The Bertz CT molecular complexity index is 303. The first-order valence-corrected chi connectivity index (χ1v) is 7.03. The van der Waals surface area contributed by atoms with E-state index in [1.54, 1.807) is 0 Å². The summed E-state index contributed by atoms with van der Waals surface area (Å²) in [6.45, 7) is 4.15. The van der Waals surface area contributed by atoms with Gasteiger partial charge in [-0.3, -0.25) is 9.59 Å². The fourth-order valence-electron chi connectivity index (χ4n) is 2.26. The molecule has 0 spiro atoms. The zero-order chi connectivity index (χ0) is 14.1. The average Bonchev–Trinajstić information content (AvgIpc) is 2.43. The molecule has 7 heteroatoms. The molecule has 6 nitrogen and oxygen atoms in total. The maximum Gasteiger partial charge on any atom is 0.248 e. The molecule has 118 valence electrons. The van der Waals surface area contributed by atoms with Crippen molar-refractivity contribution in [1.82, 2.24) is 10.2 Å². The number of nitrogens with one attached hydrogen (secondary N) is 1. The van der Waals surface area contributed by atoms with Crippen LogP contribution in [-0.2, 0) is 14.3 Å². The molecule has 2 amide bonds. The van der Waals surface area contributed by atoms with Crippen molar-refractivity contribution in [1.29, 1.82) is 0 Å². The van der Waals surface area contributed by atoms with E-state index in [0.29, 0.717) is 26.1 Å². The van der Waals surface area contributed by atoms with Crippen molar-refractivity contribution < 1.29 is 14.3 Å². The second-order valence-corrected chi connectivity index (χ2v) is 4.72. The molecule has 1 saturated heterocycles. The molecule has 0 radical (unpaired) electrons. The number of halogens is 1. The van der Waals surface area contributed by atoms with E-state index in [2.05, 4.69) is 5.32 Å². The van der Waals surface area contributed by atoms with Crippen molar-refractivity contribution in [3.05, 3.63) is 0 Å². The highest BCUT2D eigenvalue weighted by molar-refractivity contribution is 5.85. The fourth-order valence-corrected chi connectivity index (χ4v) is 2.26. The Labute approximate surface area is 126 Å². The van der Waals surface area contributed by atoms with Gasteiger partial charge in [-0.1, -0.05) is 0 Å². The molecule has 0 aromatic rings. The molecular weight excluding hydrogens is 282 g/mol. The molecule has 20 heavy (non-hydrogen) atoms. The van der Waals surface area contributed by atoms with E-state index in [-0.39, 0.29) is 36.9 Å². The maximum absolute atomic E-state index is 12.0. The van der Waals surface area contributed by atoms with Crippen LogP contribution in [0.1, 0.15) is 32.6 Å². The lowest BCUT2D eigenvalue weighted by Crippen LogP contribution is -2.50. The molecule has 0 aromatic heterocycles. The van der Waals surface area contributed by atoms with Gasteiger partial charge >= 0.3 is 0 Å². The van der Waals surface area contributed by atoms with Gasteiger partial charge in [-0.2, -0.15) is 0 Å². The van der Waals surface area contributed by atoms with Gasteiger partial charge in [0, 0.05) is 38.7 Å². The van der Waals surface area contributed by atoms with Crippen molar-refractivity contribution in [2.24, 2.45) is 5.73 Å². The summed E-state index contributed by atoms with van der Waals surface area (Å²) in [5, 5.41) is 2.84. The Morgan fingerprint density at radius 3 is 2.80 bits per heavy atom. The van der Waals surface area contributed by atoms with Gasteiger partial charge in [-0.05, 0) is 26.2 Å². The number of carbonyl (C=O) groups is 2. The minimum absolute atomic E-state index is 0. The van der Waals surface area contributed by atoms with Gasteiger partial charge in [-0.15, -0.1) is 12.4 Å². The molecule has 1 atom stereocenters. The highest BCUT2D eigenvalue weighted by atomic mass is 35.5. The number of nitrogens with two attached hydrogens (primary N) is 1. The molecule has 1 aliphatic rings. The number of rotatable bonds is 7. The third kappa shape index (κ3) is 6.54. The second kappa shape index (κ2) is 10.9. The number of amides is 2. The van der Waals surface area contributed by atoms with Gasteiger partial charge in [0.2, 0.25) is 11.8 Å². The van der Waals surface area contributed by atoms with Gasteiger partial charge in [0.25, 0.3) is 0 Å². The zero-order valence-corrected chi connectivity index (χ0v) is 12.9. The summed E-state index contributed by atoms with van der Waals surface area (Å²) in [7, 11) is 0. The lowest BCUT2D eigenvalue weighted by molar-refractivity contribution is -0.140. The summed E-state index contributed by atoms with van der Waals surface area (Å²) >= 11 is 0. The van der Waals surface area contributed by atoms with E-state index in [9.17, 15) is 9.59 Å². The Kier molecular flexibility index (Phi) is 10.4. The van der Waals surface area contributed by atoms with Crippen LogP contribution in [0.15, 0.2) is 0 Å². The largest absolute Gasteiger partial charge is 0.372 e. The maximum atomic E-state index is 12.0. The number of nitrogens with zero attached hydrogens (tertiary/aromatic N) is 1. The monoisotopic (exact) mass is 307 g/mol. The molecule has 3 N–H and O–H groups in total. The predicted molar refractivity (Wildman–Crippen MR) is 79.8 cm³/mol. The van der Waals surface area contributed by atoms with E-state index < -0.39 is 0 Å². The van der Waals surface area contributed by atoms with Crippen LogP contribution in [0.2, 0.25) is 0 Å². The van der Waals surface area contributed by atoms with Crippen molar-refractivity contribution in [3.63, 3.8) is 0 Å². The summed E-state index contributed by atoms with van der Waals surface area (Å²) in [6, 6.07) is 0.0865. The molecule has 0 aromatic carbocycles. The fraction of sp³-hybridized carbons (Fsp3) is 0.846. The molecule has 1 fully saturated rings. The van der Waals surface area contributed by atoms with Crippen LogP contribution in [0.3, 0.4) is 0 Å². The van der Waals surface area contributed by atoms with E-state index >= 15 is 0 Å². The highest BCUT2D eigenvalue weighted by Crippen LogP contribution is 2.16. The summed E-state index contributed by atoms with van der Waals surface area (Å²) in [4.78, 5) is 25.3. The van der Waals surface area contributed by atoms with E-state index in [0.717, 1.165) is 25.8 Å². The molecule has 0 saturated carbocycles. The highest BCUT2D eigenvalue weighted by Gasteiger charge is 2.26. The Morgan fingerprint density at radius 2 is 2.15 bits per heavy atom. The van der Waals surface area contributed by atoms with Crippen LogP contribution in [-0.4, -0.2) is 55.6 Å². The van der Waals surface area contributed by atoms with Gasteiger partial charge in [0.05, 0.1) is 0 Å². The van der Waals surface area contributed by atoms with Crippen LogP contribution >= 0.6 is 12.4 Å². The average molecular weight is 308 g/mol. The smallest absolute Gasteiger partial charge is 0.248 e. The van der Waals surface area contributed by atoms with Gasteiger partial charge in [0.15, 0.2) is 0 Å². The molecule has 1 rings (SSSR count). The Hall–Kier alpha value is -0.850. The lowest BCUT2D eigenvalue weighted by atomic mass is 10.0. The van der Waals surface area contributed by atoms with Crippen molar-refractivity contribution in [2.75, 3.05) is 32.8 Å². The van der Waals surface area contributed by atoms with Crippen molar-refractivity contribution in [2.45, 2.75) is 38.6 Å². The SMILES string of the molecule is CCOCC(=O)N1CCCCC1CNC(=O)CCN.Cl. The number of piperidine rings is 1. The Morgan fingerprint density at radius 1 is 1.40 bits per heavy atom. The number of hydrogen-bond donors (Lipinski definition) is 2. The van der Waals surface area contributed by atoms with Crippen LogP contribution in [0.4, 0.5) is 0 Å². The first-order chi connectivity index (χ1) is 9.19. The minimum Gasteiger partial charge on any atom is -0.372 e.